The van der Waals surface area contributed by atoms with E-state index in [-0.39, 0.29) is 36.9 Å². The Labute approximate surface area is 267 Å². The molecule has 1 N–H and O–H groups in total. The molecule has 46 heavy (non-hydrogen) atoms. The van der Waals surface area contributed by atoms with E-state index in [9.17, 15) is 9.59 Å². The molecule has 13 nitrogen and oxygen atoms in total. The number of fused-ring (bicyclic) bond motifs is 6. The number of nitrogens with zero attached hydrogens (tertiary/aromatic N) is 6. The minimum Gasteiger partial charge on any atom is -0.493 e. The minimum atomic E-state index is -0.366. The van der Waals surface area contributed by atoms with Crippen molar-refractivity contribution in [2.75, 3.05) is 51.9 Å². The lowest BCUT2D eigenvalue weighted by atomic mass is 10.1. The Bertz CT molecular complexity index is 1730. The molecule has 0 spiro atoms. The molecule has 2 aliphatic rings. The van der Waals surface area contributed by atoms with E-state index in [0.29, 0.717) is 62.3 Å². The Hall–Kier alpha value is -4.75. The second kappa shape index (κ2) is 13.7. The quantitative estimate of drug-likeness (QED) is 0.351. The third kappa shape index (κ3) is 6.90. The molecular formula is C33H39N7O6. The zero-order valence-corrected chi connectivity index (χ0v) is 26.6. The number of ether oxygens (including phenoxy) is 4. The molecule has 1 fully saturated rings. The van der Waals surface area contributed by atoms with Crippen LogP contribution in [0.25, 0.3) is 11.0 Å². The van der Waals surface area contributed by atoms with Gasteiger partial charge in [0.2, 0.25) is 11.8 Å². The third-order valence-corrected chi connectivity index (χ3v) is 8.29. The Kier molecular flexibility index (Phi) is 9.31. The Morgan fingerprint density at radius 2 is 1.91 bits per heavy atom. The van der Waals surface area contributed by atoms with E-state index in [0.717, 1.165) is 28.0 Å². The van der Waals surface area contributed by atoms with Gasteiger partial charge in [0.15, 0.2) is 17.1 Å². The van der Waals surface area contributed by atoms with E-state index in [1.54, 1.807) is 30.0 Å². The number of benzene rings is 2. The van der Waals surface area contributed by atoms with Crippen molar-refractivity contribution < 1.29 is 28.5 Å². The normalized spacial score (nSPS) is 19.3. The summed E-state index contributed by atoms with van der Waals surface area (Å²) < 4.78 is 25.3. The smallest absolute Gasteiger partial charge is 0.239 e. The molecule has 4 bridgehead atoms. The summed E-state index contributed by atoms with van der Waals surface area (Å²) in [7, 11) is 5.01. The van der Waals surface area contributed by atoms with Crippen molar-refractivity contribution >= 4 is 28.7 Å². The fraction of sp³-hybridized carbons (Fsp3) is 0.424. The first kappa shape index (κ1) is 31.2. The molecule has 0 radical (unpaired) electrons. The van der Waals surface area contributed by atoms with Gasteiger partial charge < -0.3 is 34.1 Å². The lowest BCUT2D eigenvalue weighted by Crippen LogP contribution is -2.49. The van der Waals surface area contributed by atoms with E-state index in [1.807, 2.05) is 56.4 Å². The second-order valence-electron chi connectivity index (χ2n) is 11.6. The summed E-state index contributed by atoms with van der Waals surface area (Å²) in [4.78, 5) is 39.9. The molecule has 0 aliphatic carbocycles. The van der Waals surface area contributed by atoms with Crippen molar-refractivity contribution in [3.8, 4) is 17.2 Å². The number of hydrogen-bond donors (Lipinski definition) is 1. The van der Waals surface area contributed by atoms with Gasteiger partial charge in [-0.15, -0.1) is 0 Å². The van der Waals surface area contributed by atoms with Gasteiger partial charge in [-0.3, -0.25) is 14.3 Å². The summed E-state index contributed by atoms with van der Waals surface area (Å²) in [5, 5.41) is 8.37. The van der Waals surface area contributed by atoms with Crippen LogP contribution < -0.4 is 19.7 Å². The molecule has 2 atom stereocenters. The van der Waals surface area contributed by atoms with E-state index in [2.05, 4.69) is 20.3 Å². The van der Waals surface area contributed by atoms with Crippen LogP contribution in [0.15, 0.2) is 48.7 Å². The minimum absolute atomic E-state index is 0.0934. The SMILES string of the molecule is COCCN1CC(=O)N[C@H]2CN(c3nc(C)nc4c3cnn4C)C[C@@H]2OCc2cccc(c2)Oc2cc(ccc2OC)CCC1=O. The molecule has 13 heteroatoms. The summed E-state index contributed by atoms with van der Waals surface area (Å²) >= 11 is 0. The number of hydrogen-bond acceptors (Lipinski definition) is 10. The van der Waals surface area contributed by atoms with Crippen LogP contribution in [-0.2, 0) is 39.1 Å². The van der Waals surface area contributed by atoms with Gasteiger partial charge in [0.05, 0.1) is 50.6 Å². The van der Waals surface area contributed by atoms with Crippen LogP contribution in [0.5, 0.6) is 17.2 Å². The molecule has 0 saturated carbocycles. The van der Waals surface area contributed by atoms with Crippen LogP contribution in [0.1, 0.15) is 23.4 Å². The maximum atomic E-state index is 13.5. The summed E-state index contributed by atoms with van der Waals surface area (Å²) in [6, 6.07) is 13.0. The molecule has 1 saturated heterocycles. The highest BCUT2D eigenvalue weighted by molar-refractivity contribution is 5.88. The number of carbonyl (C=O) groups is 2. The fourth-order valence-corrected chi connectivity index (χ4v) is 5.92. The molecule has 6 rings (SSSR count). The van der Waals surface area contributed by atoms with Crippen molar-refractivity contribution in [3.05, 3.63) is 65.6 Å². The van der Waals surface area contributed by atoms with Crippen molar-refractivity contribution in [2.24, 2.45) is 7.05 Å². The number of nitrogens with one attached hydrogen (secondary N) is 1. The number of methoxy groups -OCH3 is 2. The average molecular weight is 630 g/mol. The van der Waals surface area contributed by atoms with Gasteiger partial charge in [0.25, 0.3) is 0 Å². The van der Waals surface area contributed by atoms with Crippen LogP contribution in [-0.4, -0.2) is 95.6 Å². The fourth-order valence-electron chi connectivity index (χ4n) is 5.92. The summed E-state index contributed by atoms with van der Waals surface area (Å²) in [6.07, 6.45) is 2.08. The number of aromatic nitrogens is 4. The summed E-state index contributed by atoms with van der Waals surface area (Å²) in [5.74, 6) is 2.72. The number of aryl methyl sites for hydroxylation is 3. The summed E-state index contributed by atoms with van der Waals surface area (Å²) in [5.41, 5.74) is 2.56. The lowest BCUT2D eigenvalue weighted by Gasteiger charge is -2.25. The standard InChI is InChI=1S/C33H39N7O6/c1-21-35-32-25(16-34-38(32)2)33(36-21)40-17-26-29(18-40)45-20-23-6-5-7-24(14-23)46-28-15-22(8-10-27(28)44-4)9-11-31(42)39(12-13-43-3)19-30(41)37-26/h5-8,10,14-16,26,29H,9,11-13,17-20H2,1-4H3,(H,37,41)/t26-,29-/m0/s1. The Morgan fingerprint density at radius 1 is 1.04 bits per heavy atom. The molecule has 0 unspecified atom stereocenters. The molecule has 2 amide bonds. The van der Waals surface area contributed by atoms with Gasteiger partial charge in [-0.1, -0.05) is 18.2 Å². The maximum Gasteiger partial charge on any atom is 0.239 e. The van der Waals surface area contributed by atoms with E-state index in [4.69, 9.17) is 23.9 Å². The van der Waals surface area contributed by atoms with Gasteiger partial charge in [0.1, 0.15) is 17.4 Å². The number of anilines is 1. The molecule has 2 aromatic heterocycles. The monoisotopic (exact) mass is 629 g/mol. The number of amides is 2. The number of rotatable bonds is 5. The van der Waals surface area contributed by atoms with Gasteiger partial charge in [0, 0.05) is 40.2 Å². The molecular weight excluding hydrogens is 590 g/mol. The topological polar surface area (TPSA) is 133 Å². The van der Waals surface area contributed by atoms with E-state index in [1.165, 1.54) is 0 Å². The van der Waals surface area contributed by atoms with Gasteiger partial charge in [-0.2, -0.15) is 5.10 Å². The predicted molar refractivity (Wildman–Crippen MR) is 170 cm³/mol. The van der Waals surface area contributed by atoms with E-state index >= 15 is 0 Å². The van der Waals surface area contributed by atoms with E-state index < -0.39 is 0 Å². The van der Waals surface area contributed by atoms with Crippen molar-refractivity contribution in [3.63, 3.8) is 0 Å². The van der Waals surface area contributed by atoms with Crippen LogP contribution in [0.4, 0.5) is 5.82 Å². The lowest BCUT2D eigenvalue weighted by molar-refractivity contribution is -0.137. The zero-order valence-electron chi connectivity index (χ0n) is 26.6. The summed E-state index contributed by atoms with van der Waals surface area (Å²) in [6.45, 7) is 3.60. The number of carbonyl (C=O) groups excluding carboxylic acids is 2. The first-order valence-electron chi connectivity index (χ1n) is 15.3. The highest BCUT2D eigenvalue weighted by Gasteiger charge is 2.37. The zero-order chi connectivity index (χ0) is 32.2. The van der Waals surface area contributed by atoms with Crippen LogP contribution in [0.2, 0.25) is 0 Å². The van der Waals surface area contributed by atoms with Crippen LogP contribution >= 0.6 is 0 Å². The largest absolute Gasteiger partial charge is 0.493 e. The van der Waals surface area contributed by atoms with Crippen molar-refractivity contribution in [1.29, 1.82) is 0 Å². The highest BCUT2D eigenvalue weighted by Crippen LogP contribution is 2.34. The van der Waals surface area contributed by atoms with Crippen LogP contribution in [0.3, 0.4) is 0 Å². The van der Waals surface area contributed by atoms with Gasteiger partial charge in [-0.05, 0) is 48.7 Å². The van der Waals surface area contributed by atoms with Gasteiger partial charge >= 0.3 is 0 Å². The predicted octanol–water partition coefficient (Wildman–Crippen LogP) is 2.78. The molecule has 4 aromatic rings. The first-order valence-corrected chi connectivity index (χ1v) is 15.3. The molecule has 4 heterocycles. The molecule has 2 aromatic carbocycles. The Balaban J connectivity index is 1.32. The molecule has 242 valence electrons. The maximum absolute atomic E-state index is 13.5. The Morgan fingerprint density at radius 3 is 2.74 bits per heavy atom. The third-order valence-electron chi connectivity index (χ3n) is 8.29. The molecule has 2 aliphatic heterocycles. The van der Waals surface area contributed by atoms with Crippen molar-refractivity contribution in [1.82, 2.24) is 30.0 Å². The highest BCUT2D eigenvalue weighted by atomic mass is 16.5. The average Bonchev–Trinajstić information content (AvgIpc) is 3.62. The van der Waals surface area contributed by atoms with Gasteiger partial charge in [-0.25, -0.2) is 9.97 Å². The second-order valence-corrected chi connectivity index (χ2v) is 11.6. The van der Waals surface area contributed by atoms with Crippen LogP contribution in [0, 0.1) is 6.92 Å². The first-order chi connectivity index (χ1) is 22.3. The van der Waals surface area contributed by atoms with Crippen molar-refractivity contribution in [2.45, 2.75) is 38.5 Å².